The molecule has 0 radical (unpaired) electrons. The maximum atomic E-state index is 10.4. The fourth-order valence-electron chi connectivity index (χ4n) is 2.56. The van der Waals surface area contributed by atoms with Crippen LogP contribution >= 0.6 is 0 Å². The first-order chi connectivity index (χ1) is 8.72. The van der Waals surface area contributed by atoms with E-state index in [1.54, 1.807) is 0 Å². The highest BCUT2D eigenvalue weighted by molar-refractivity contribution is 5.14. The largest absolute Gasteiger partial charge is 0.303 e. The lowest BCUT2D eigenvalue weighted by Crippen LogP contribution is -2.40. The second-order valence-corrected chi connectivity index (χ2v) is 5.68. The summed E-state index contributed by atoms with van der Waals surface area (Å²) in [6.07, 6.45) is 3.30. The van der Waals surface area contributed by atoms with Crippen molar-refractivity contribution in [3.8, 4) is 0 Å². The Morgan fingerprint density at radius 1 is 1.22 bits per heavy atom. The molecule has 0 bridgehead atoms. The molecule has 0 N–H and O–H groups in total. The van der Waals surface area contributed by atoms with Crippen LogP contribution in [0.1, 0.15) is 25.3 Å². The summed E-state index contributed by atoms with van der Waals surface area (Å²) in [7, 11) is 0. The molecule has 1 fully saturated rings. The number of hydrogen-bond donors (Lipinski definition) is 0. The number of piperidine rings is 1. The molecule has 1 aromatic rings. The average molecular weight is 246 g/mol. The molecule has 0 saturated carbocycles. The van der Waals surface area contributed by atoms with Gasteiger partial charge in [-0.15, -0.1) is 0 Å². The van der Waals surface area contributed by atoms with Crippen molar-refractivity contribution < 1.29 is 0 Å². The van der Waals surface area contributed by atoms with Crippen LogP contribution in [0.15, 0.2) is 35.5 Å². The van der Waals surface area contributed by atoms with Gasteiger partial charge in [0.15, 0.2) is 0 Å². The Labute approximate surface area is 109 Å². The summed E-state index contributed by atoms with van der Waals surface area (Å²) in [6.45, 7) is 5.97. The lowest BCUT2D eigenvalue weighted by Gasteiger charge is -2.37. The Hall–Kier alpha value is -1.22. The predicted molar refractivity (Wildman–Crippen MR) is 74.6 cm³/mol. The third-order valence-corrected chi connectivity index (χ3v) is 4.07. The fourth-order valence-corrected chi connectivity index (χ4v) is 2.56. The van der Waals surface area contributed by atoms with Gasteiger partial charge in [-0.25, -0.2) is 0 Å². The standard InChI is InChI=1S/C15H22N2O/c1-15(13-16-18)8-11-17(12-9-15)10-7-14-5-3-2-4-6-14/h2-6H,7-13H2,1H3. The van der Waals surface area contributed by atoms with Gasteiger partial charge in [0.05, 0.1) is 6.54 Å². The molecule has 1 heterocycles. The first-order valence-corrected chi connectivity index (χ1v) is 6.77. The van der Waals surface area contributed by atoms with Crippen molar-refractivity contribution in [1.29, 1.82) is 0 Å². The minimum absolute atomic E-state index is 0.144. The molecule has 0 spiro atoms. The minimum Gasteiger partial charge on any atom is -0.303 e. The molecule has 1 aromatic carbocycles. The summed E-state index contributed by atoms with van der Waals surface area (Å²) in [5.74, 6) is 0. The summed E-state index contributed by atoms with van der Waals surface area (Å²) in [4.78, 5) is 12.9. The van der Waals surface area contributed by atoms with Crippen molar-refractivity contribution in [2.24, 2.45) is 10.6 Å². The van der Waals surface area contributed by atoms with Crippen molar-refractivity contribution >= 4 is 0 Å². The number of nitrogens with zero attached hydrogens (tertiary/aromatic N) is 2. The van der Waals surface area contributed by atoms with Gasteiger partial charge in [-0.05, 0) is 43.3 Å². The van der Waals surface area contributed by atoms with Gasteiger partial charge in [0.25, 0.3) is 0 Å². The number of rotatable bonds is 5. The van der Waals surface area contributed by atoms with E-state index in [0.29, 0.717) is 6.54 Å². The van der Waals surface area contributed by atoms with Crippen LogP contribution in [0.2, 0.25) is 0 Å². The molecule has 0 aromatic heterocycles. The van der Waals surface area contributed by atoms with Crippen LogP contribution in [0.3, 0.4) is 0 Å². The van der Waals surface area contributed by atoms with Gasteiger partial charge in [-0.2, -0.15) is 4.91 Å². The van der Waals surface area contributed by atoms with E-state index < -0.39 is 0 Å². The van der Waals surface area contributed by atoms with Crippen molar-refractivity contribution in [1.82, 2.24) is 4.90 Å². The molecule has 1 saturated heterocycles. The van der Waals surface area contributed by atoms with Crippen LogP contribution in [-0.2, 0) is 6.42 Å². The Balaban J connectivity index is 1.75. The van der Waals surface area contributed by atoms with E-state index in [0.717, 1.165) is 38.9 Å². The number of hydrogen-bond acceptors (Lipinski definition) is 3. The number of nitroso groups, excluding NO2 is 1. The van der Waals surface area contributed by atoms with E-state index >= 15 is 0 Å². The third kappa shape index (κ3) is 3.64. The van der Waals surface area contributed by atoms with Gasteiger partial charge in [0.1, 0.15) is 0 Å². The SMILES string of the molecule is CC1(CN=O)CCN(CCc2ccccc2)CC1. The zero-order chi connectivity index (χ0) is 12.8. The first-order valence-electron chi connectivity index (χ1n) is 6.77. The molecule has 18 heavy (non-hydrogen) atoms. The average Bonchev–Trinajstić information content (AvgIpc) is 2.40. The van der Waals surface area contributed by atoms with Crippen LogP contribution in [0.25, 0.3) is 0 Å². The van der Waals surface area contributed by atoms with Gasteiger partial charge in [-0.1, -0.05) is 42.4 Å². The molecule has 0 amide bonds. The Bertz CT molecular complexity index is 369. The van der Waals surface area contributed by atoms with Gasteiger partial charge in [-0.3, -0.25) is 0 Å². The van der Waals surface area contributed by atoms with Crippen molar-refractivity contribution in [3.63, 3.8) is 0 Å². The summed E-state index contributed by atoms with van der Waals surface area (Å²) in [5, 5.41) is 3.08. The van der Waals surface area contributed by atoms with Gasteiger partial charge in [0, 0.05) is 6.54 Å². The zero-order valence-electron chi connectivity index (χ0n) is 11.1. The molecule has 2 rings (SSSR count). The molecule has 0 unspecified atom stereocenters. The maximum Gasteiger partial charge on any atom is 0.0865 e. The Morgan fingerprint density at radius 3 is 2.50 bits per heavy atom. The molecule has 3 nitrogen and oxygen atoms in total. The predicted octanol–water partition coefficient (Wildman–Crippen LogP) is 3.10. The van der Waals surface area contributed by atoms with E-state index in [1.165, 1.54) is 5.56 Å². The van der Waals surface area contributed by atoms with Crippen LogP contribution in [0, 0.1) is 10.3 Å². The van der Waals surface area contributed by atoms with Gasteiger partial charge in [0.2, 0.25) is 0 Å². The maximum absolute atomic E-state index is 10.4. The van der Waals surface area contributed by atoms with Gasteiger partial charge < -0.3 is 4.90 Å². The van der Waals surface area contributed by atoms with E-state index in [4.69, 9.17) is 0 Å². The van der Waals surface area contributed by atoms with Crippen LogP contribution in [-0.4, -0.2) is 31.1 Å². The summed E-state index contributed by atoms with van der Waals surface area (Å²) < 4.78 is 0. The molecule has 1 aliphatic heterocycles. The second kappa shape index (κ2) is 6.10. The van der Waals surface area contributed by atoms with Crippen molar-refractivity contribution in [2.45, 2.75) is 26.2 Å². The molecule has 1 aliphatic rings. The number of benzene rings is 1. The second-order valence-electron chi connectivity index (χ2n) is 5.68. The number of likely N-dealkylation sites (tertiary alicyclic amines) is 1. The van der Waals surface area contributed by atoms with E-state index in [9.17, 15) is 4.91 Å². The van der Waals surface area contributed by atoms with E-state index in [2.05, 4.69) is 47.3 Å². The first kappa shape index (κ1) is 13.2. The summed E-state index contributed by atoms with van der Waals surface area (Å²) >= 11 is 0. The molecular weight excluding hydrogens is 224 g/mol. The molecule has 3 heteroatoms. The summed E-state index contributed by atoms with van der Waals surface area (Å²) in [5.41, 5.74) is 1.55. The molecule has 0 atom stereocenters. The highest BCUT2D eigenvalue weighted by atomic mass is 16.3. The lowest BCUT2D eigenvalue weighted by molar-refractivity contribution is 0.126. The monoisotopic (exact) mass is 246 g/mol. The quantitative estimate of drug-likeness (QED) is 0.748. The highest BCUT2D eigenvalue weighted by Crippen LogP contribution is 2.31. The van der Waals surface area contributed by atoms with Gasteiger partial charge >= 0.3 is 0 Å². The lowest BCUT2D eigenvalue weighted by atomic mass is 9.80. The summed E-state index contributed by atoms with van der Waals surface area (Å²) in [6, 6.07) is 10.6. The molecule has 0 aliphatic carbocycles. The third-order valence-electron chi connectivity index (χ3n) is 4.07. The van der Waals surface area contributed by atoms with Crippen molar-refractivity contribution in [2.75, 3.05) is 26.2 Å². The topological polar surface area (TPSA) is 32.7 Å². The van der Waals surface area contributed by atoms with E-state index in [1.807, 2.05) is 0 Å². The Kier molecular flexibility index (Phi) is 4.48. The molecule has 98 valence electrons. The normalized spacial score (nSPS) is 19.6. The fraction of sp³-hybridized carbons (Fsp3) is 0.600. The molecular formula is C15H22N2O. The highest BCUT2D eigenvalue weighted by Gasteiger charge is 2.30. The zero-order valence-corrected chi connectivity index (χ0v) is 11.1. The van der Waals surface area contributed by atoms with Crippen molar-refractivity contribution in [3.05, 3.63) is 40.8 Å². The van der Waals surface area contributed by atoms with Crippen LogP contribution in [0.5, 0.6) is 0 Å². The Morgan fingerprint density at radius 2 is 1.89 bits per heavy atom. The minimum atomic E-state index is 0.144. The van der Waals surface area contributed by atoms with E-state index in [-0.39, 0.29) is 5.41 Å². The van der Waals surface area contributed by atoms with Crippen LogP contribution < -0.4 is 0 Å². The van der Waals surface area contributed by atoms with Crippen LogP contribution in [0.4, 0.5) is 0 Å². The smallest absolute Gasteiger partial charge is 0.0865 e.